The number of amides is 1. The van der Waals surface area contributed by atoms with Gasteiger partial charge in [-0.1, -0.05) is 19.4 Å². The highest BCUT2D eigenvalue weighted by Crippen LogP contribution is 2.27. The molecule has 1 aromatic carbocycles. The lowest BCUT2D eigenvalue weighted by molar-refractivity contribution is -0.125. The van der Waals surface area contributed by atoms with Crippen molar-refractivity contribution >= 4 is 18.3 Å². The number of carbonyl (C=O) groups excluding carboxylic acids is 1. The van der Waals surface area contributed by atoms with E-state index in [0.717, 1.165) is 25.3 Å². The molecule has 124 valence electrons. The first-order valence-electron chi connectivity index (χ1n) is 7.52. The zero-order valence-electron chi connectivity index (χ0n) is 12.6. The number of benzene rings is 1. The van der Waals surface area contributed by atoms with Crippen LogP contribution in [0.4, 0.5) is 8.78 Å². The summed E-state index contributed by atoms with van der Waals surface area (Å²) in [5.74, 6) is -1.40. The molecule has 3 N–H and O–H groups in total. The second-order valence-corrected chi connectivity index (χ2v) is 5.79. The summed E-state index contributed by atoms with van der Waals surface area (Å²) in [6.07, 6.45) is 3.72. The standard InChI is InChI=1S/C16H22F2N2O.ClH/c1-2-3-15(13-7-5-11(17)9-14(13)18)20-16(21)10-4-6-12(19)8-10;/h5,7,9-10,12,15H,2-4,6,8,19H2,1H3,(H,20,21);1H. The van der Waals surface area contributed by atoms with E-state index in [9.17, 15) is 13.6 Å². The van der Waals surface area contributed by atoms with Gasteiger partial charge < -0.3 is 11.1 Å². The Balaban J connectivity index is 0.00000242. The van der Waals surface area contributed by atoms with Crippen molar-refractivity contribution in [2.24, 2.45) is 11.7 Å². The second kappa shape index (κ2) is 8.44. The van der Waals surface area contributed by atoms with E-state index in [1.165, 1.54) is 12.1 Å². The first-order valence-corrected chi connectivity index (χ1v) is 7.52. The van der Waals surface area contributed by atoms with Crippen LogP contribution in [-0.4, -0.2) is 11.9 Å². The van der Waals surface area contributed by atoms with Gasteiger partial charge in [-0.25, -0.2) is 8.78 Å². The lowest BCUT2D eigenvalue weighted by Crippen LogP contribution is -2.34. The Morgan fingerprint density at radius 2 is 2.14 bits per heavy atom. The van der Waals surface area contributed by atoms with Gasteiger partial charge in [-0.2, -0.15) is 0 Å². The molecule has 6 heteroatoms. The van der Waals surface area contributed by atoms with Gasteiger partial charge in [-0.15, -0.1) is 12.4 Å². The van der Waals surface area contributed by atoms with Crippen LogP contribution in [0, 0.1) is 17.6 Å². The summed E-state index contributed by atoms with van der Waals surface area (Å²) in [5, 5.41) is 2.90. The van der Waals surface area contributed by atoms with E-state index in [-0.39, 0.29) is 30.3 Å². The number of hydrogen-bond donors (Lipinski definition) is 2. The summed E-state index contributed by atoms with van der Waals surface area (Å²) < 4.78 is 26.9. The normalized spacial score (nSPS) is 22.0. The van der Waals surface area contributed by atoms with Crippen molar-refractivity contribution in [2.45, 2.75) is 51.1 Å². The van der Waals surface area contributed by atoms with Gasteiger partial charge >= 0.3 is 0 Å². The molecule has 1 fully saturated rings. The van der Waals surface area contributed by atoms with Crippen LogP contribution in [0.5, 0.6) is 0 Å². The maximum Gasteiger partial charge on any atom is 0.223 e. The monoisotopic (exact) mass is 332 g/mol. The minimum atomic E-state index is -0.614. The van der Waals surface area contributed by atoms with Crippen LogP contribution in [0.25, 0.3) is 0 Å². The Kier molecular flexibility index (Phi) is 7.23. The molecular formula is C16H23ClF2N2O. The predicted octanol–water partition coefficient (Wildman–Crippen LogP) is 3.47. The lowest BCUT2D eigenvalue weighted by atomic mass is 9.99. The van der Waals surface area contributed by atoms with Crippen molar-refractivity contribution in [3.63, 3.8) is 0 Å². The zero-order chi connectivity index (χ0) is 15.4. The molecule has 0 saturated heterocycles. The molecule has 3 atom stereocenters. The van der Waals surface area contributed by atoms with Crippen molar-refractivity contribution in [1.82, 2.24) is 5.32 Å². The fourth-order valence-corrected chi connectivity index (χ4v) is 2.92. The fraction of sp³-hybridized carbons (Fsp3) is 0.562. The van der Waals surface area contributed by atoms with E-state index in [2.05, 4.69) is 5.32 Å². The molecule has 0 spiro atoms. The van der Waals surface area contributed by atoms with Crippen LogP contribution >= 0.6 is 12.4 Å². The number of rotatable bonds is 5. The molecule has 0 bridgehead atoms. The van der Waals surface area contributed by atoms with Crippen molar-refractivity contribution in [2.75, 3.05) is 0 Å². The minimum Gasteiger partial charge on any atom is -0.349 e. The van der Waals surface area contributed by atoms with Crippen LogP contribution in [-0.2, 0) is 4.79 Å². The average Bonchev–Trinajstić information content (AvgIpc) is 2.85. The zero-order valence-corrected chi connectivity index (χ0v) is 13.5. The maximum atomic E-state index is 13.9. The SMILES string of the molecule is CCCC(NC(=O)C1CCC(N)C1)c1ccc(F)cc1F.Cl. The minimum absolute atomic E-state index is 0. The molecule has 0 heterocycles. The van der Waals surface area contributed by atoms with E-state index in [1.54, 1.807) is 0 Å². The molecule has 1 aliphatic carbocycles. The molecule has 1 amide bonds. The molecule has 3 unspecified atom stereocenters. The summed E-state index contributed by atoms with van der Waals surface area (Å²) in [4.78, 5) is 12.3. The maximum absolute atomic E-state index is 13.9. The Labute approximate surface area is 136 Å². The molecule has 0 radical (unpaired) electrons. The number of halogens is 3. The molecule has 1 aliphatic rings. The van der Waals surface area contributed by atoms with Crippen molar-refractivity contribution in [1.29, 1.82) is 0 Å². The summed E-state index contributed by atoms with van der Waals surface area (Å²) in [7, 11) is 0. The van der Waals surface area contributed by atoms with Crippen LogP contribution in [0.2, 0.25) is 0 Å². The van der Waals surface area contributed by atoms with Crippen molar-refractivity contribution < 1.29 is 13.6 Å². The van der Waals surface area contributed by atoms with Gasteiger partial charge in [0.25, 0.3) is 0 Å². The number of carbonyl (C=O) groups is 1. The third kappa shape index (κ3) is 4.65. The van der Waals surface area contributed by atoms with Gasteiger partial charge in [0.05, 0.1) is 6.04 Å². The van der Waals surface area contributed by atoms with Crippen LogP contribution in [0.1, 0.15) is 50.6 Å². The molecular weight excluding hydrogens is 310 g/mol. The van der Waals surface area contributed by atoms with Crippen LogP contribution in [0.3, 0.4) is 0 Å². The van der Waals surface area contributed by atoms with Crippen molar-refractivity contribution in [3.05, 3.63) is 35.4 Å². The van der Waals surface area contributed by atoms with Gasteiger partial charge in [-0.3, -0.25) is 4.79 Å². The molecule has 1 saturated carbocycles. The number of nitrogens with two attached hydrogens (primary N) is 1. The summed E-state index contributed by atoms with van der Waals surface area (Å²) in [6, 6.07) is 3.15. The first-order chi connectivity index (χ1) is 10.0. The molecule has 0 aromatic heterocycles. The van der Waals surface area contributed by atoms with E-state index >= 15 is 0 Å². The largest absolute Gasteiger partial charge is 0.349 e. The van der Waals surface area contributed by atoms with Gasteiger partial charge in [0.1, 0.15) is 11.6 Å². The van der Waals surface area contributed by atoms with Gasteiger partial charge in [0.15, 0.2) is 0 Å². The highest BCUT2D eigenvalue weighted by Gasteiger charge is 2.29. The molecule has 3 nitrogen and oxygen atoms in total. The van der Waals surface area contributed by atoms with Gasteiger partial charge in [-0.05, 0) is 31.7 Å². The average molecular weight is 333 g/mol. The third-order valence-electron chi connectivity index (χ3n) is 4.08. The topological polar surface area (TPSA) is 55.1 Å². The van der Waals surface area contributed by atoms with E-state index in [4.69, 9.17) is 5.73 Å². The number of nitrogens with one attached hydrogen (secondary N) is 1. The van der Waals surface area contributed by atoms with E-state index in [1.807, 2.05) is 6.92 Å². The Morgan fingerprint density at radius 3 is 2.68 bits per heavy atom. The van der Waals surface area contributed by atoms with Crippen LogP contribution in [0.15, 0.2) is 18.2 Å². The Bertz CT molecular complexity index is 513. The molecule has 1 aromatic rings. The van der Waals surface area contributed by atoms with Gasteiger partial charge in [0, 0.05) is 23.6 Å². The fourth-order valence-electron chi connectivity index (χ4n) is 2.92. The Hall–Kier alpha value is -1.20. The van der Waals surface area contributed by atoms with E-state index in [0.29, 0.717) is 18.4 Å². The predicted molar refractivity (Wildman–Crippen MR) is 84.7 cm³/mol. The van der Waals surface area contributed by atoms with Crippen molar-refractivity contribution in [3.8, 4) is 0 Å². The highest BCUT2D eigenvalue weighted by molar-refractivity contribution is 5.85. The number of hydrogen-bond acceptors (Lipinski definition) is 2. The van der Waals surface area contributed by atoms with Gasteiger partial charge in [0.2, 0.25) is 5.91 Å². The molecule has 22 heavy (non-hydrogen) atoms. The lowest BCUT2D eigenvalue weighted by Gasteiger charge is -2.21. The Morgan fingerprint density at radius 1 is 1.41 bits per heavy atom. The summed E-state index contributed by atoms with van der Waals surface area (Å²) in [5.41, 5.74) is 6.16. The quantitative estimate of drug-likeness (QED) is 0.867. The molecule has 0 aliphatic heterocycles. The second-order valence-electron chi connectivity index (χ2n) is 5.79. The van der Waals surface area contributed by atoms with E-state index < -0.39 is 17.7 Å². The summed E-state index contributed by atoms with van der Waals surface area (Å²) in [6.45, 7) is 1.96. The smallest absolute Gasteiger partial charge is 0.223 e. The third-order valence-corrected chi connectivity index (χ3v) is 4.08. The highest BCUT2D eigenvalue weighted by atomic mass is 35.5. The molecule has 2 rings (SSSR count). The summed E-state index contributed by atoms with van der Waals surface area (Å²) >= 11 is 0. The van der Waals surface area contributed by atoms with Crippen LogP contribution < -0.4 is 11.1 Å². The first kappa shape index (κ1) is 18.8.